The van der Waals surface area contributed by atoms with Crippen LogP contribution in [0.4, 0.5) is 5.82 Å². The lowest BCUT2D eigenvalue weighted by atomic mass is 10.1. The van der Waals surface area contributed by atoms with Crippen molar-refractivity contribution in [2.45, 2.75) is 11.5 Å². The quantitative estimate of drug-likeness (QED) is 0.486. The smallest absolute Gasteiger partial charge is 0.263 e. The van der Waals surface area contributed by atoms with E-state index in [-0.39, 0.29) is 12.5 Å². The second kappa shape index (κ2) is 8.17. The molecule has 0 aliphatic carbocycles. The van der Waals surface area contributed by atoms with E-state index in [0.29, 0.717) is 28.1 Å². The van der Waals surface area contributed by atoms with Crippen molar-refractivity contribution in [2.75, 3.05) is 11.9 Å². The van der Waals surface area contributed by atoms with Crippen LogP contribution in [0, 0.1) is 0 Å². The molecule has 1 aliphatic rings. The number of anilines is 1. The number of nitrogens with zero attached hydrogens (tertiary/aromatic N) is 2. The molecule has 1 amide bonds. The molecule has 1 aliphatic heterocycles. The van der Waals surface area contributed by atoms with Gasteiger partial charge in [0.1, 0.15) is 11.6 Å². The van der Waals surface area contributed by atoms with Gasteiger partial charge in [0.2, 0.25) is 0 Å². The Morgan fingerprint density at radius 1 is 1.06 bits per heavy atom. The van der Waals surface area contributed by atoms with Crippen LogP contribution in [0.25, 0.3) is 16.5 Å². The van der Waals surface area contributed by atoms with Gasteiger partial charge in [-0.3, -0.25) is 9.00 Å². The van der Waals surface area contributed by atoms with Gasteiger partial charge in [-0.25, -0.2) is 4.68 Å². The molecule has 5 rings (SSSR count). The average molecular weight is 452 g/mol. The van der Waals surface area contributed by atoms with Gasteiger partial charge in [0.05, 0.1) is 22.9 Å². The van der Waals surface area contributed by atoms with E-state index in [9.17, 15) is 9.00 Å². The predicted molar refractivity (Wildman–Crippen MR) is 122 cm³/mol. The van der Waals surface area contributed by atoms with E-state index < -0.39 is 10.8 Å². The highest BCUT2D eigenvalue weighted by molar-refractivity contribution is 7.83. The van der Waals surface area contributed by atoms with E-state index in [1.54, 1.807) is 16.8 Å². The molecule has 4 aromatic rings. The highest BCUT2D eigenvalue weighted by Gasteiger charge is 2.28. The van der Waals surface area contributed by atoms with Crippen molar-refractivity contribution in [3.05, 3.63) is 83.0 Å². The summed E-state index contributed by atoms with van der Waals surface area (Å²) in [5.74, 6) is 1.53. The highest BCUT2D eigenvalue weighted by atomic mass is 35.5. The molecule has 6 nitrogen and oxygen atoms in total. The second-order valence-corrected chi connectivity index (χ2v) is 9.13. The van der Waals surface area contributed by atoms with Crippen LogP contribution in [0.15, 0.2) is 66.7 Å². The zero-order chi connectivity index (χ0) is 21.4. The van der Waals surface area contributed by atoms with E-state index in [0.717, 1.165) is 27.7 Å². The molecule has 0 bridgehead atoms. The van der Waals surface area contributed by atoms with E-state index in [1.807, 2.05) is 54.6 Å². The standard InChI is InChI=1S/C23H18ClN3O3S/c24-17-6-3-7-18(11-17)27-23(20-13-31(29)14-21(20)26-27)25-22(28)12-30-19-9-8-15-4-1-2-5-16(15)10-19/h1-11H,12-14H2,(H,25,28). The molecule has 156 valence electrons. The van der Waals surface area contributed by atoms with E-state index in [2.05, 4.69) is 10.4 Å². The first-order chi connectivity index (χ1) is 15.1. The number of halogens is 1. The summed E-state index contributed by atoms with van der Waals surface area (Å²) in [6, 6.07) is 20.9. The SMILES string of the molecule is O=C(COc1ccc2ccccc2c1)Nc1c2c(nn1-c1cccc(Cl)c1)CS(=O)C2. The Kier molecular flexibility index (Phi) is 5.21. The largest absolute Gasteiger partial charge is 0.484 e. The Hall–Kier alpha value is -3.16. The van der Waals surface area contributed by atoms with Crippen LogP contribution in [0.2, 0.25) is 5.02 Å². The molecule has 0 saturated heterocycles. The summed E-state index contributed by atoms with van der Waals surface area (Å²) >= 11 is 6.13. The molecule has 1 aromatic heterocycles. The average Bonchev–Trinajstić information content (AvgIpc) is 3.29. The number of hydrogen-bond donors (Lipinski definition) is 1. The number of ether oxygens (including phenoxy) is 1. The number of carbonyl (C=O) groups is 1. The van der Waals surface area contributed by atoms with Gasteiger partial charge in [-0.2, -0.15) is 5.10 Å². The molecule has 8 heteroatoms. The minimum absolute atomic E-state index is 0.156. The van der Waals surface area contributed by atoms with Crippen LogP contribution in [0.1, 0.15) is 11.3 Å². The van der Waals surface area contributed by atoms with E-state index in [1.165, 1.54) is 0 Å². The molecule has 3 aromatic carbocycles. The molecule has 1 N–H and O–H groups in total. The number of nitrogens with one attached hydrogen (secondary N) is 1. The van der Waals surface area contributed by atoms with Crippen LogP contribution in [-0.4, -0.2) is 26.5 Å². The molecule has 0 spiro atoms. The number of fused-ring (bicyclic) bond motifs is 2. The van der Waals surface area contributed by atoms with Crippen molar-refractivity contribution in [3.63, 3.8) is 0 Å². The first kappa shape index (κ1) is 19.8. The van der Waals surface area contributed by atoms with Crippen molar-refractivity contribution >= 4 is 44.9 Å². The number of rotatable bonds is 5. The Balaban J connectivity index is 1.37. The van der Waals surface area contributed by atoms with Crippen molar-refractivity contribution in [2.24, 2.45) is 0 Å². The molecule has 0 radical (unpaired) electrons. The summed E-state index contributed by atoms with van der Waals surface area (Å²) in [4.78, 5) is 12.7. The molecule has 2 heterocycles. The number of amides is 1. The third kappa shape index (κ3) is 4.06. The topological polar surface area (TPSA) is 73.2 Å². The second-order valence-electron chi connectivity index (χ2n) is 7.24. The molecular weight excluding hydrogens is 434 g/mol. The summed E-state index contributed by atoms with van der Waals surface area (Å²) in [6.07, 6.45) is 0. The van der Waals surface area contributed by atoms with Gasteiger partial charge in [0, 0.05) is 21.4 Å². The fourth-order valence-corrected chi connectivity index (χ4v) is 5.07. The zero-order valence-corrected chi connectivity index (χ0v) is 17.9. The maximum atomic E-state index is 12.7. The van der Waals surface area contributed by atoms with Crippen molar-refractivity contribution in [1.29, 1.82) is 0 Å². The van der Waals surface area contributed by atoms with Crippen LogP contribution >= 0.6 is 11.6 Å². The van der Waals surface area contributed by atoms with Crippen LogP contribution < -0.4 is 10.1 Å². The third-order valence-corrected chi connectivity index (χ3v) is 6.51. The normalized spacial score (nSPS) is 15.1. The minimum atomic E-state index is -1.01. The summed E-state index contributed by atoms with van der Waals surface area (Å²) in [7, 11) is -1.01. The third-order valence-electron chi connectivity index (χ3n) is 5.07. The number of benzene rings is 3. The van der Waals surface area contributed by atoms with Crippen molar-refractivity contribution in [1.82, 2.24) is 9.78 Å². The lowest BCUT2D eigenvalue weighted by Gasteiger charge is -2.12. The van der Waals surface area contributed by atoms with Gasteiger partial charge in [0.25, 0.3) is 5.91 Å². The lowest BCUT2D eigenvalue weighted by molar-refractivity contribution is -0.118. The lowest BCUT2D eigenvalue weighted by Crippen LogP contribution is -2.22. The van der Waals surface area contributed by atoms with Gasteiger partial charge in [-0.15, -0.1) is 0 Å². The van der Waals surface area contributed by atoms with Crippen LogP contribution in [0.5, 0.6) is 5.75 Å². The Morgan fingerprint density at radius 3 is 2.74 bits per heavy atom. The zero-order valence-electron chi connectivity index (χ0n) is 16.4. The maximum Gasteiger partial charge on any atom is 0.263 e. The van der Waals surface area contributed by atoms with E-state index in [4.69, 9.17) is 16.3 Å². The molecule has 1 unspecified atom stereocenters. The van der Waals surface area contributed by atoms with Gasteiger partial charge in [0.15, 0.2) is 6.61 Å². The number of hydrogen-bond acceptors (Lipinski definition) is 4. The molecule has 0 fully saturated rings. The summed E-state index contributed by atoms with van der Waals surface area (Å²) < 4.78 is 19.4. The van der Waals surface area contributed by atoms with Crippen LogP contribution in [0.3, 0.4) is 0 Å². The van der Waals surface area contributed by atoms with Gasteiger partial charge in [-0.05, 0) is 41.1 Å². The first-order valence-corrected chi connectivity index (χ1v) is 11.6. The van der Waals surface area contributed by atoms with Gasteiger partial charge >= 0.3 is 0 Å². The fourth-order valence-electron chi connectivity index (χ4n) is 3.63. The van der Waals surface area contributed by atoms with Crippen molar-refractivity contribution < 1.29 is 13.7 Å². The number of aromatic nitrogens is 2. The summed E-state index contributed by atoms with van der Waals surface area (Å²) in [5.41, 5.74) is 2.24. The molecule has 31 heavy (non-hydrogen) atoms. The molecule has 1 atom stereocenters. The fraction of sp³-hybridized carbons (Fsp3) is 0.130. The van der Waals surface area contributed by atoms with Crippen molar-refractivity contribution in [3.8, 4) is 11.4 Å². The maximum absolute atomic E-state index is 12.7. The summed E-state index contributed by atoms with van der Waals surface area (Å²) in [6.45, 7) is -0.156. The summed E-state index contributed by atoms with van der Waals surface area (Å²) in [5, 5.41) is 10.2. The Labute approximate surface area is 186 Å². The number of carbonyl (C=O) groups excluding carboxylic acids is 1. The Bertz CT molecular complexity index is 1330. The first-order valence-electron chi connectivity index (χ1n) is 9.70. The Morgan fingerprint density at radius 2 is 1.90 bits per heavy atom. The predicted octanol–water partition coefficient (Wildman–Crippen LogP) is 4.46. The highest BCUT2D eigenvalue weighted by Crippen LogP contribution is 2.32. The minimum Gasteiger partial charge on any atom is -0.484 e. The van der Waals surface area contributed by atoms with Crippen LogP contribution in [-0.2, 0) is 27.1 Å². The molecule has 0 saturated carbocycles. The monoisotopic (exact) mass is 451 g/mol. The molecular formula is C23H18ClN3O3S. The van der Waals surface area contributed by atoms with Gasteiger partial charge < -0.3 is 10.1 Å². The van der Waals surface area contributed by atoms with Gasteiger partial charge in [-0.1, -0.05) is 48.0 Å². The van der Waals surface area contributed by atoms with E-state index >= 15 is 0 Å².